The molecule has 3 rings (SSSR count). The zero-order chi connectivity index (χ0) is 15.2. The molecule has 1 aliphatic rings. The summed E-state index contributed by atoms with van der Waals surface area (Å²) in [6.07, 6.45) is 1.02. The zero-order valence-corrected chi connectivity index (χ0v) is 11.8. The summed E-state index contributed by atoms with van der Waals surface area (Å²) in [5.41, 5.74) is 6.59. The first-order valence-electron chi connectivity index (χ1n) is 6.14. The van der Waals surface area contributed by atoms with Crippen LogP contribution in [0, 0.1) is 0 Å². The molecule has 0 saturated carbocycles. The Balaban J connectivity index is 1.88. The molecule has 0 aliphatic carbocycles. The van der Waals surface area contributed by atoms with Crippen LogP contribution in [0.5, 0.6) is 0 Å². The predicted octanol–water partition coefficient (Wildman–Crippen LogP) is -1.07. The Morgan fingerprint density at radius 3 is 2.95 bits per heavy atom. The van der Waals surface area contributed by atoms with Crippen molar-refractivity contribution < 1.29 is 23.6 Å². The molecule has 0 aromatic carbocycles. The van der Waals surface area contributed by atoms with Gasteiger partial charge in [0.25, 0.3) is 0 Å². The van der Waals surface area contributed by atoms with E-state index in [0.29, 0.717) is 11.2 Å². The molecular formula is C10H12N5O5P-2. The van der Waals surface area contributed by atoms with E-state index >= 15 is 0 Å². The Morgan fingerprint density at radius 1 is 1.48 bits per heavy atom. The summed E-state index contributed by atoms with van der Waals surface area (Å²) in [5.74, 6) is 0.237. The normalized spacial score (nSPS) is 26.5. The number of rotatable bonds is 3. The van der Waals surface area contributed by atoms with Gasteiger partial charge in [-0.2, -0.15) is 0 Å². The average molecular weight is 313 g/mol. The van der Waals surface area contributed by atoms with Gasteiger partial charge in [-0.3, -0.25) is 4.57 Å². The number of phosphoric acid groups is 1. The van der Waals surface area contributed by atoms with Crippen molar-refractivity contribution in [2.24, 2.45) is 0 Å². The highest BCUT2D eigenvalue weighted by Gasteiger charge is 2.35. The van der Waals surface area contributed by atoms with Crippen LogP contribution in [0.4, 0.5) is 5.82 Å². The Bertz CT molecular complexity index is 715. The van der Waals surface area contributed by atoms with Crippen molar-refractivity contribution in [1.29, 1.82) is 0 Å². The second-order valence-corrected chi connectivity index (χ2v) is 5.81. The maximum atomic E-state index is 10.7. The highest BCUT2D eigenvalue weighted by Crippen LogP contribution is 2.39. The minimum absolute atomic E-state index is 0.186. The van der Waals surface area contributed by atoms with Gasteiger partial charge < -0.3 is 29.3 Å². The van der Waals surface area contributed by atoms with Gasteiger partial charge in [0.2, 0.25) is 0 Å². The van der Waals surface area contributed by atoms with Crippen LogP contribution < -0.4 is 15.5 Å². The smallest absolute Gasteiger partial charge is 0.167 e. The number of anilines is 1. The summed E-state index contributed by atoms with van der Waals surface area (Å²) in [6.45, 7) is 1.63. The minimum Gasteiger partial charge on any atom is -0.790 e. The van der Waals surface area contributed by atoms with Crippen molar-refractivity contribution in [3.05, 3.63) is 12.7 Å². The Labute approximate surface area is 119 Å². The third-order valence-corrected chi connectivity index (χ3v) is 3.82. The Morgan fingerprint density at radius 2 is 2.24 bits per heavy atom. The SMILES string of the molecule is C[C@H]1O[C@@H](n2cnc3c(N)ncnc32)C[C@@H]1OP(=O)([O-])[O-]. The maximum absolute atomic E-state index is 10.7. The zero-order valence-electron chi connectivity index (χ0n) is 10.9. The highest BCUT2D eigenvalue weighted by molar-refractivity contribution is 7.43. The summed E-state index contributed by atoms with van der Waals surface area (Å²) in [7, 11) is -5.06. The van der Waals surface area contributed by atoms with Gasteiger partial charge in [-0.1, -0.05) is 0 Å². The fourth-order valence-electron chi connectivity index (χ4n) is 2.34. The van der Waals surface area contributed by atoms with Crippen molar-refractivity contribution in [3.8, 4) is 0 Å². The second kappa shape index (κ2) is 5.00. The molecule has 0 amide bonds. The molecule has 10 nitrogen and oxygen atoms in total. The van der Waals surface area contributed by atoms with Crippen LogP contribution in [-0.4, -0.2) is 31.7 Å². The number of nitrogens with zero attached hydrogens (tertiary/aromatic N) is 4. The van der Waals surface area contributed by atoms with Crippen molar-refractivity contribution >= 4 is 24.8 Å². The number of imidazole rings is 1. The topological polar surface area (TPSA) is 151 Å². The standard InChI is InChI=1S/C10H14N5O5P/c1-5-6(20-21(16,17)18)2-7(19-5)15-4-14-8-9(11)12-3-13-10(8)15/h3-7H,2H2,1H3,(H2,11,12,13)(H2,16,17,18)/p-2/t5-,6+,7-/m1/s1. The van der Waals surface area contributed by atoms with Crippen molar-refractivity contribution in [3.63, 3.8) is 0 Å². The number of nitrogens with two attached hydrogens (primary N) is 1. The number of fused-ring (bicyclic) bond motifs is 1. The second-order valence-electron chi connectivity index (χ2n) is 4.71. The molecule has 1 aliphatic heterocycles. The molecule has 114 valence electrons. The summed E-state index contributed by atoms with van der Waals surface area (Å²) < 4.78 is 22.4. The van der Waals surface area contributed by atoms with E-state index in [2.05, 4.69) is 19.5 Å². The van der Waals surface area contributed by atoms with E-state index in [1.807, 2.05) is 0 Å². The lowest BCUT2D eigenvalue weighted by Gasteiger charge is -2.32. The van der Waals surface area contributed by atoms with Crippen LogP contribution in [0.25, 0.3) is 11.2 Å². The molecule has 21 heavy (non-hydrogen) atoms. The minimum atomic E-state index is -5.06. The molecule has 2 N–H and O–H groups in total. The van der Waals surface area contributed by atoms with Crippen LogP contribution in [0.1, 0.15) is 19.6 Å². The van der Waals surface area contributed by atoms with Crippen LogP contribution in [-0.2, 0) is 13.8 Å². The Kier molecular flexibility index (Phi) is 3.42. The molecule has 2 aromatic heterocycles. The van der Waals surface area contributed by atoms with Gasteiger partial charge in [0.05, 0.1) is 26.4 Å². The highest BCUT2D eigenvalue weighted by atomic mass is 31.2. The van der Waals surface area contributed by atoms with Gasteiger partial charge >= 0.3 is 0 Å². The fraction of sp³-hybridized carbons (Fsp3) is 0.500. The van der Waals surface area contributed by atoms with Gasteiger partial charge in [-0.05, 0) is 6.92 Å². The number of aromatic nitrogens is 4. The summed E-state index contributed by atoms with van der Waals surface area (Å²) >= 11 is 0. The third kappa shape index (κ3) is 2.76. The lowest BCUT2D eigenvalue weighted by Crippen LogP contribution is -2.27. The first-order chi connectivity index (χ1) is 9.85. The quantitative estimate of drug-likeness (QED) is 0.698. The number of ether oxygens (including phenoxy) is 1. The van der Waals surface area contributed by atoms with E-state index < -0.39 is 26.3 Å². The fourth-order valence-corrected chi connectivity index (χ4v) is 2.92. The lowest BCUT2D eigenvalue weighted by atomic mass is 10.2. The van der Waals surface area contributed by atoms with Gasteiger partial charge in [0.1, 0.15) is 18.1 Å². The third-order valence-electron chi connectivity index (χ3n) is 3.29. The van der Waals surface area contributed by atoms with Crippen molar-refractivity contribution in [2.75, 3.05) is 5.73 Å². The van der Waals surface area contributed by atoms with Crippen LogP contribution in [0.15, 0.2) is 12.7 Å². The van der Waals surface area contributed by atoms with E-state index in [-0.39, 0.29) is 12.2 Å². The van der Waals surface area contributed by atoms with Crippen molar-refractivity contribution in [2.45, 2.75) is 31.8 Å². The van der Waals surface area contributed by atoms with Gasteiger partial charge in [-0.25, -0.2) is 15.0 Å². The van der Waals surface area contributed by atoms with Gasteiger partial charge in [0.15, 0.2) is 11.5 Å². The number of hydrogen-bond donors (Lipinski definition) is 1. The molecule has 0 spiro atoms. The molecular weight excluding hydrogens is 301 g/mol. The summed E-state index contributed by atoms with van der Waals surface area (Å²) in [5, 5.41) is 0. The molecule has 11 heteroatoms. The van der Waals surface area contributed by atoms with Crippen LogP contribution >= 0.6 is 7.82 Å². The largest absolute Gasteiger partial charge is 0.790 e. The molecule has 3 heterocycles. The predicted molar refractivity (Wildman–Crippen MR) is 66.4 cm³/mol. The monoisotopic (exact) mass is 313 g/mol. The number of hydrogen-bond acceptors (Lipinski definition) is 9. The molecule has 0 bridgehead atoms. The molecule has 2 aromatic rings. The van der Waals surface area contributed by atoms with Gasteiger partial charge in [0, 0.05) is 6.42 Å². The van der Waals surface area contributed by atoms with Gasteiger partial charge in [-0.15, -0.1) is 0 Å². The van der Waals surface area contributed by atoms with E-state index in [1.54, 1.807) is 11.5 Å². The van der Waals surface area contributed by atoms with Crippen LogP contribution in [0.2, 0.25) is 0 Å². The average Bonchev–Trinajstić information content (AvgIpc) is 2.93. The van der Waals surface area contributed by atoms with E-state index in [4.69, 9.17) is 10.5 Å². The van der Waals surface area contributed by atoms with E-state index in [1.165, 1.54) is 12.7 Å². The number of phosphoric ester groups is 1. The molecule has 1 saturated heterocycles. The lowest BCUT2D eigenvalue weighted by molar-refractivity contribution is -0.345. The molecule has 3 atom stereocenters. The van der Waals surface area contributed by atoms with E-state index in [9.17, 15) is 14.4 Å². The Hall–Kier alpha value is -1.58. The summed E-state index contributed by atoms with van der Waals surface area (Å²) in [6, 6.07) is 0. The summed E-state index contributed by atoms with van der Waals surface area (Å²) in [4.78, 5) is 33.5. The van der Waals surface area contributed by atoms with Crippen molar-refractivity contribution in [1.82, 2.24) is 19.5 Å². The first kappa shape index (κ1) is 14.4. The first-order valence-corrected chi connectivity index (χ1v) is 7.60. The molecule has 1 fully saturated rings. The molecule has 0 radical (unpaired) electrons. The maximum Gasteiger partial charge on any atom is 0.167 e. The molecule has 0 unspecified atom stereocenters. The van der Waals surface area contributed by atoms with E-state index in [0.717, 1.165) is 0 Å². The number of nitrogen functional groups attached to an aromatic ring is 1. The van der Waals surface area contributed by atoms with Crippen LogP contribution in [0.3, 0.4) is 0 Å².